The normalized spacial score (nSPS) is 12.0. The first-order valence-corrected chi connectivity index (χ1v) is 14.6. The number of hydrogen-bond acceptors (Lipinski definition) is 2. The van der Waals surface area contributed by atoms with Gasteiger partial charge in [-0.2, -0.15) is 4.57 Å². The van der Waals surface area contributed by atoms with Crippen LogP contribution in [0, 0.1) is 6.92 Å². The van der Waals surface area contributed by atoms with Gasteiger partial charge in [0.15, 0.2) is 27.9 Å². The Morgan fingerprint density at radius 3 is 2.09 bits per heavy atom. The van der Waals surface area contributed by atoms with Gasteiger partial charge in [-0.25, -0.2) is 4.57 Å². The van der Waals surface area contributed by atoms with Crippen LogP contribution in [0.15, 0.2) is 136 Å². The number of nitrogens with zero attached hydrogens (tertiary/aromatic N) is 2. The van der Waals surface area contributed by atoms with Gasteiger partial charge in [0, 0.05) is 21.5 Å². The van der Waals surface area contributed by atoms with Gasteiger partial charge in [-0.15, -0.1) is 0 Å². The van der Waals surface area contributed by atoms with Gasteiger partial charge >= 0.3 is 0 Å². The summed E-state index contributed by atoms with van der Waals surface area (Å²) >= 11 is 0. The number of fused-ring (bicyclic) bond motifs is 7. The second-order valence-electron chi connectivity index (χ2n) is 11.2. The van der Waals surface area contributed by atoms with E-state index in [2.05, 4.69) is 132 Å². The molecule has 0 radical (unpaired) electrons. The highest BCUT2D eigenvalue weighted by molar-refractivity contribution is 6.15. The van der Waals surface area contributed by atoms with E-state index in [1.54, 1.807) is 0 Å². The van der Waals surface area contributed by atoms with Gasteiger partial charge in [0.2, 0.25) is 0 Å². The van der Waals surface area contributed by atoms with Crippen LogP contribution in [0.3, 0.4) is 0 Å². The molecule has 204 valence electrons. The molecule has 0 spiro atoms. The molecule has 0 aliphatic heterocycles. The zero-order valence-corrected chi connectivity index (χ0v) is 23.8. The lowest BCUT2D eigenvalue weighted by Gasteiger charge is -2.10. The highest BCUT2D eigenvalue weighted by Crippen LogP contribution is 2.43. The lowest BCUT2D eigenvalue weighted by Crippen LogP contribution is -2.30. The van der Waals surface area contributed by atoms with Gasteiger partial charge in [0.05, 0.1) is 7.05 Å². The van der Waals surface area contributed by atoms with E-state index in [0.717, 1.165) is 88.7 Å². The maximum Gasteiger partial charge on any atom is 0.299 e. The summed E-state index contributed by atoms with van der Waals surface area (Å²) in [6, 6.07) is 44.6. The minimum absolute atomic E-state index is 0.861. The second kappa shape index (κ2) is 8.94. The fourth-order valence-electron chi connectivity index (χ4n) is 6.85. The van der Waals surface area contributed by atoms with E-state index in [4.69, 9.17) is 8.83 Å². The molecule has 0 amide bonds. The van der Waals surface area contributed by atoms with Gasteiger partial charge in [0.25, 0.3) is 5.82 Å². The molecule has 0 unspecified atom stereocenters. The molecule has 6 aromatic carbocycles. The Morgan fingerprint density at radius 1 is 0.581 bits per heavy atom. The molecule has 43 heavy (non-hydrogen) atoms. The first-order chi connectivity index (χ1) is 21.2. The van der Waals surface area contributed by atoms with Crippen molar-refractivity contribution in [3.63, 3.8) is 0 Å². The Bertz CT molecular complexity index is 2530. The Balaban J connectivity index is 1.45. The number of benzene rings is 6. The van der Waals surface area contributed by atoms with Gasteiger partial charge in [0.1, 0.15) is 16.7 Å². The summed E-state index contributed by atoms with van der Waals surface area (Å²) in [7, 11) is 2.14. The van der Waals surface area contributed by atoms with Crippen LogP contribution >= 0.6 is 0 Å². The average molecular weight is 556 g/mol. The van der Waals surface area contributed by atoms with E-state index >= 15 is 0 Å². The fraction of sp³-hybridized carbons (Fsp3) is 0.0513. The fourth-order valence-corrected chi connectivity index (χ4v) is 6.85. The number of rotatable bonds is 3. The summed E-state index contributed by atoms with van der Waals surface area (Å²) in [5, 5.41) is 4.46. The molecule has 0 aliphatic rings. The van der Waals surface area contributed by atoms with Gasteiger partial charge in [-0.3, -0.25) is 0 Å². The minimum atomic E-state index is 0.861. The van der Waals surface area contributed by atoms with Crippen LogP contribution in [0.4, 0.5) is 0 Å². The Kier molecular flexibility index (Phi) is 5.00. The molecule has 0 saturated heterocycles. The van der Waals surface area contributed by atoms with E-state index < -0.39 is 0 Å². The summed E-state index contributed by atoms with van der Waals surface area (Å²) in [6.45, 7) is 2.17. The molecule has 4 nitrogen and oxygen atoms in total. The second-order valence-corrected chi connectivity index (χ2v) is 11.2. The van der Waals surface area contributed by atoms with Crippen molar-refractivity contribution in [2.24, 2.45) is 7.05 Å². The van der Waals surface area contributed by atoms with Crippen LogP contribution in [-0.2, 0) is 7.05 Å². The van der Waals surface area contributed by atoms with Crippen LogP contribution in [0.1, 0.15) is 5.56 Å². The summed E-state index contributed by atoms with van der Waals surface area (Å²) in [5.41, 5.74) is 11.3. The van der Waals surface area contributed by atoms with Crippen LogP contribution in [0.25, 0.3) is 83.1 Å². The molecule has 9 aromatic rings. The molecule has 9 rings (SSSR count). The third kappa shape index (κ3) is 3.35. The molecule has 3 aromatic heterocycles. The van der Waals surface area contributed by atoms with E-state index in [-0.39, 0.29) is 0 Å². The Labute approximate surface area is 247 Å². The van der Waals surface area contributed by atoms with Gasteiger partial charge < -0.3 is 8.83 Å². The van der Waals surface area contributed by atoms with Crippen molar-refractivity contribution in [1.82, 2.24) is 4.57 Å². The molecule has 4 heteroatoms. The zero-order valence-electron chi connectivity index (χ0n) is 23.8. The predicted molar refractivity (Wildman–Crippen MR) is 175 cm³/mol. The first-order valence-electron chi connectivity index (χ1n) is 14.6. The van der Waals surface area contributed by atoms with Crippen molar-refractivity contribution in [2.75, 3.05) is 0 Å². The minimum Gasteiger partial charge on any atom is -0.455 e. The van der Waals surface area contributed by atoms with E-state index in [0.29, 0.717) is 0 Å². The first kappa shape index (κ1) is 24.0. The lowest BCUT2D eigenvalue weighted by molar-refractivity contribution is -0.633. The number of para-hydroxylation sites is 4. The van der Waals surface area contributed by atoms with Crippen LogP contribution in [0.5, 0.6) is 0 Å². The highest BCUT2D eigenvalue weighted by atomic mass is 16.3. The number of aromatic nitrogens is 2. The smallest absolute Gasteiger partial charge is 0.299 e. The van der Waals surface area contributed by atoms with Crippen molar-refractivity contribution >= 4 is 54.9 Å². The van der Waals surface area contributed by atoms with E-state index in [9.17, 15) is 0 Å². The Morgan fingerprint density at radius 2 is 1.26 bits per heavy atom. The zero-order chi connectivity index (χ0) is 28.7. The largest absolute Gasteiger partial charge is 0.455 e. The molecule has 0 N–H and O–H groups in total. The molecular weight excluding hydrogens is 528 g/mol. The molecule has 0 bridgehead atoms. The number of imidazole rings is 1. The van der Waals surface area contributed by atoms with Gasteiger partial charge in [-0.1, -0.05) is 91.0 Å². The third-order valence-corrected chi connectivity index (χ3v) is 8.82. The number of furan rings is 2. The predicted octanol–water partition coefficient (Wildman–Crippen LogP) is 9.90. The number of hydrogen-bond donors (Lipinski definition) is 0. The molecule has 0 saturated carbocycles. The van der Waals surface area contributed by atoms with Crippen molar-refractivity contribution in [2.45, 2.75) is 6.92 Å². The van der Waals surface area contributed by atoms with Crippen molar-refractivity contribution in [3.05, 3.63) is 133 Å². The van der Waals surface area contributed by atoms with Crippen molar-refractivity contribution in [1.29, 1.82) is 0 Å². The maximum atomic E-state index is 6.76. The van der Waals surface area contributed by atoms with Crippen LogP contribution in [-0.4, -0.2) is 4.57 Å². The van der Waals surface area contributed by atoms with Gasteiger partial charge in [-0.05, 0) is 60.0 Å². The number of aryl methyl sites for hydroxylation is 2. The molecule has 0 aliphatic carbocycles. The SMILES string of the molecule is Cc1ccc2c(oc3ccccc32)c1-c1n(-c2ccc(-c3ccccc3)c3c2oc2ccccc23)c2ccccc2[n+]1C. The maximum absolute atomic E-state index is 6.76. The molecular formula is C39H27N2O2+. The molecule has 0 fully saturated rings. The van der Waals surface area contributed by atoms with E-state index in [1.165, 1.54) is 0 Å². The lowest BCUT2D eigenvalue weighted by atomic mass is 9.98. The quantitative estimate of drug-likeness (QED) is 0.203. The van der Waals surface area contributed by atoms with E-state index in [1.807, 2.05) is 18.2 Å². The van der Waals surface area contributed by atoms with Crippen molar-refractivity contribution < 1.29 is 13.4 Å². The third-order valence-electron chi connectivity index (χ3n) is 8.82. The van der Waals surface area contributed by atoms with Crippen LogP contribution in [0.2, 0.25) is 0 Å². The summed E-state index contributed by atoms with van der Waals surface area (Å²) < 4.78 is 18.0. The summed E-state index contributed by atoms with van der Waals surface area (Å²) in [6.07, 6.45) is 0. The topological polar surface area (TPSA) is 35.1 Å². The summed E-state index contributed by atoms with van der Waals surface area (Å²) in [5.74, 6) is 1.04. The monoisotopic (exact) mass is 555 g/mol. The average Bonchev–Trinajstić information content (AvgIpc) is 3.71. The standard InChI is InChI=1S/C39H27N2O2/c1-24-20-21-28-27-14-6-10-18-33(27)42-37(28)35(24)39-40(2)30-16-8-9-17-31(30)41(39)32-23-22-26(25-12-4-3-5-13-25)36-29-15-7-11-19-34(29)43-38(32)36/h3-23H,1-2H3/q+1. The summed E-state index contributed by atoms with van der Waals surface area (Å²) in [4.78, 5) is 0. The van der Waals surface area contributed by atoms with Crippen molar-refractivity contribution in [3.8, 4) is 28.2 Å². The molecule has 0 atom stereocenters. The highest BCUT2D eigenvalue weighted by Gasteiger charge is 2.32. The van der Waals surface area contributed by atoms with Crippen LogP contribution < -0.4 is 4.57 Å². The molecule has 3 heterocycles. The Hall–Kier alpha value is -5.61.